The van der Waals surface area contributed by atoms with Crippen LogP contribution < -0.4 is 0 Å². The maximum atomic E-state index is 11.7. The summed E-state index contributed by atoms with van der Waals surface area (Å²) in [6, 6.07) is 10.6. The van der Waals surface area contributed by atoms with Crippen molar-refractivity contribution < 1.29 is 19.1 Å². The van der Waals surface area contributed by atoms with Gasteiger partial charge in [-0.1, -0.05) is 30.3 Å². The van der Waals surface area contributed by atoms with E-state index in [-0.39, 0.29) is 5.69 Å². The minimum atomic E-state index is -0.535. The molecule has 0 saturated heterocycles. The van der Waals surface area contributed by atoms with Crippen LogP contribution in [0.4, 0.5) is 0 Å². The molecule has 0 aliphatic carbocycles. The predicted octanol–water partition coefficient (Wildman–Crippen LogP) is 2.25. The Bertz CT molecular complexity index is 601. The van der Waals surface area contributed by atoms with Crippen LogP contribution in [0.25, 0.3) is 11.3 Å². The fourth-order valence-electron chi connectivity index (χ4n) is 1.78. The molecule has 0 aliphatic heterocycles. The van der Waals surface area contributed by atoms with Crippen LogP contribution in [0, 0.1) is 0 Å². The van der Waals surface area contributed by atoms with E-state index in [4.69, 9.17) is 4.74 Å². The van der Waals surface area contributed by atoms with E-state index in [9.17, 15) is 9.59 Å². The highest BCUT2D eigenvalue weighted by molar-refractivity contribution is 6.00. The first-order valence-corrected chi connectivity index (χ1v) is 5.62. The van der Waals surface area contributed by atoms with Crippen molar-refractivity contribution in [2.75, 3.05) is 14.2 Å². The SMILES string of the molecule is COC(=O)c1cc(C(=O)OC)c(-c2ccccc2)[nH]1. The Morgan fingerprint density at radius 1 is 1.00 bits per heavy atom. The van der Waals surface area contributed by atoms with Crippen LogP contribution in [-0.4, -0.2) is 31.1 Å². The number of esters is 2. The highest BCUT2D eigenvalue weighted by Crippen LogP contribution is 2.24. The second-order valence-electron chi connectivity index (χ2n) is 3.82. The molecule has 1 N–H and O–H groups in total. The maximum Gasteiger partial charge on any atom is 0.354 e. The van der Waals surface area contributed by atoms with E-state index < -0.39 is 11.9 Å². The summed E-state index contributed by atoms with van der Waals surface area (Å²) < 4.78 is 9.35. The van der Waals surface area contributed by atoms with Crippen LogP contribution in [0.3, 0.4) is 0 Å². The van der Waals surface area contributed by atoms with Crippen molar-refractivity contribution in [3.63, 3.8) is 0 Å². The summed E-state index contributed by atoms with van der Waals surface area (Å²) in [5.41, 5.74) is 1.83. The minimum absolute atomic E-state index is 0.210. The van der Waals surface area contributed by atoms with Crippen molar-refractivity contribution >= 4 is 11.9 Å². The molecular weight excluding hydrogens is 246 g/mol. The summed E-state index contributed by atoms with van der Waals surface area (Å²) in [5, 5.41) is 0. The van der Waals surface area contributed by atoms with E-state index in [2.05, 4.69) is 9.72 Å². The number of aromatic nitrogens is 1. The Hall–Kier alpha value is -2.56. The molecule has 0 radical (unpaired) electrons. The molecule has 0 fully saturated rings. The molecule has 0 unspecified atom stereocenters. The Morgan fingerprint density at radius 3 is 2.21 bits per heavy atom. The van der Waals surface area contributed by atoms with Gasteiger partial charge in [-0.05, 0) is 11.6 Å². The summed E-state index contributed by atoms with van der Waals surface area (Å²) in [6.45, 7) is 0. The number of H-pyrrole nitrogens is 1. The molecule has 5 heteroatoms. The molecule has 2 rings (SSSR count). The summed E-state index contributed by atoms with van der Waals surface area (Å²) in [6.07, 6.45) is 0. The first kappa shape index (κ1) is 12.9. The van der Waals surface area contributed by atoms with Crippen LogP contribution in [0.15, 0.2) is 36.4 Å². The zero-order chi connectivity index (χ0) is 13.8. The van der Waals surface area contributed by atoms with Gasteiger partial charge in [-0.2, -0.15) is 0 Å². The van der Waals surface area contributed by atoms with Crippen molar-refractivity contribution in [1.29, 1.82) is 0 Å². The van der Waals surface area contributed by atoms with Gasteiger partial charge in [-0.25, -0.2) is 9.59 Å². The highest BCUT2D eigenvalue weighted by Gasteiger charge is 2.20. The Labute approximate surface area is 110 Å². The fourth-order valence-corrected chi connectivity index (χ4v) is 1.78. The largest absolute Gasteiger partial charge is 0.465 e. The number of rotatable bonds is 3. The molecule has 5 nitrogen and oxygen atoms in total. The quantitative estimate of drug-likeness (QED) is 0.858. The molecule has 98 valence electrons. The van der Waals surface area contributed by atoms with Gasteiger partial charge in [0.2, 0.25) is 0 Å². The molecule has 0 saturated carbocycles. The molecule has 1 aromatic heterocycles. The number of methoxy groups -OCH3 is 2. The molecule has 0 spiro atoms. The summed E-state index contributed by atoms with van der Waals surface area (Å²) in [7, 11) is 2.57. The van der Waals surface area contributed by atoms with E-state index in [0.29, 0.717) is 11.3 Å². The smallest absolute Gasteiger partial charge is 0.354 e. The topological polar surface area (TPSA) is 68.4 Å². The third kappa shape index (κ3) is 2.49. The second kappa shape index (κ2) is 5.39. The van der Waals surface area contributed by atoms with Gasteiger partial charge in [0, 0.05) is 0 Å². The highest BCUT2D eigenvalue weighted by atomic mass is 16.5. The monoisotopic (exact) mass is 259 g/mol. The van der Waals surface area contributed by atoms with Gasteiger partial charge < -0.3 is 14.5 Å². The lowest BCUT2D eigenvalue weighted by atomic mass is 10.1. The molecular formula is C14H13NO4. The van der Waals surface area contributed by atoms with Crippen molar-refractivity contribution in [2.45, 2.75) is 0 Å². The lowest BCUT2D eigenvalue weighted by molar-refractivity contribution is 0.0594. The molecule has 0 bridgehead atoms. The minimum Gasteiger partial charge on any atom is -0.465 e. The van der Waals surface area contributed by atoms with Crippen molar-refractivity contribution in [3.8, 4) is 11.3 Å². The number of nitrogens with one attached hydrogen (secondary N) is 1. The van der Waals surface area contributed by atoms with Gasteiger partial charge in [0.1, 0.15) is 5.69 Å². The van der Waals surface area contributed by atoms with Crippen LogP contribution in [0.1, 0.15) is 20.8 Å². The molecule has 1 aromatic carbocycles. The number of carbonyl (C=O) groups excluding carboxylic acids is 2. The van der Waals surface area contributed by atoms with Gasteiger partial charge >= 0.3 is 11.9 Å². The first-order valence-electron chi connectivity index (χ1n) is 5.62. The van der Waals surface area contributed by atoms with E-state index in [1.807, 2.05) is 30.3 Å². The third-order valence-corrected chi connectivity index (χ3v) is 2.69. The normalized spacial score (nSPS) is 10.0. The summed E-state index contributed by atoms with van der Waals surface area (Å²) in [5.74, 6) is -1.04. The standard InChI is InChI=1S/C14H13NO4/c1-18-13(16)10-8-11(14(17)19-2)15-12(10)9-6-4-3-5-7-9/h3-8,15H,1-2H3. The number of hydrogen-bond acceptors (Lipinski definition) is 4. The third-order valence-electron chi connectivity index (χ3n) is 2.69. The van der Waals surface area contributed by atoms with Gasteiger partial charge in [0.25, 0.3) is 0 Å². The summed E-state index contributed by atoms with van der Waals surface area (Å²) >= 11 is 0. The predicted molar refractivity (Wildman–Crippen MR) is 68.9 cm³/mol. The van der Waals surface area contributed by atoms with Crippen molar-refractivity contribution in [1.82, 2.24) is 4.98 Å². The number of carbonyl (C=O) groups is 2. The lowest BCUT2D eigenvalue weighted by Gasteiger charge is -2.02. The van der Waals surface area contributed by atoms with Gasteiger partial charge in [-0.15, -0.1) is 0 Å². The van der Waals surface area contributed by atoms with Crippen LogP contribution >= 0.6 is 0 Å². The van der Waals surface area contributed by atoms with Crippen molar-refractivity contribution in [2.24, 2.45) is 0 Å². The maximum absolute atomic E-state index is 11.7. The molecule has 1 heterocycles. The zero-order valence-corrected chi connectivity index (χ0v) is 10.6. The average molecular weight is 259 g/mol. The Kier molecular flexibility index (Phi) is 3.66. The van der Waals surface area contributed by atoms with Crippen LogP contribution in [0.2, 0.25) is 0 Å². The first-order chi connectivity index (χ1) is 9.17. The molecule has 0 amide bonds. The lowest BCUT2D eigenvalue weighted by Crippen LogP contribution is -2.02. The average Bonchev–Trinajstić information content (AvgIpc) is 2.91. The molecule has 19 heavy (non-hydrogen) atoms. The van der Waals surface area contributed by atoms with E-state index in [1.54, 1.807) is 0 Å². The fraction of sp³-hybridized carbons (Fsp3) is 0.143. The van der Waals surface area contributed by atoms with E-state index in [1.165, 1.54) is 20.3 Å². The number of ether oxygens (including phenoxy) is 2. The number of aromatic amines is 1. The molecule has 0 aliphatic rings. The van der Waals surface area contributed by atoms with Gasteiger partial charge in [0.15, 0.2) is 0 Å². The zero-order valence-electron chi connectivity index (χ0n) is 10.6. The van der Waals surface area contributed by atoms with Crippen molar-refractivity contribution in [3.05, 3.63) is 47.7 Å². The van der Waals surface area contributed by atoms with Crippen LogP contribution in [0.5, 0.6) is 0 Å². The molecule has 2 aromatic rings. The van der Waals surface area contributed by atoms with E-state index in [0.717, 1.165) is 5.56 Å². The van der Waals surface area contributed by atoms with E-state index >= 15 is 0 Å². The second-order valence-corrected chi connectivity index (χ2v) is 3.82. The summed E-state index contributed by atoms with van der Waals surface area (Å²) in [4.78, 5) is 26.1. The number of hydrogen-bond donors (Lipinski definition) is 1. The molecule has 0 atom stereocenters. The Morgan fingerprint density at radius 2 is 1.63 bits per heavy atom. The Balaban J connectivity index is 2.55. The van der Waals surface area contributed by atoms with Gasteiger partial charge in [-0.3, -0.25) is 0 Å². The van der Waals surface area contributed by atoms with Crippen LogP contribution in [-0.2, 0) is 9.47 Å². The van der Waals surface area contributed by atoms with Gasteiger partial charge in [0.05, 0.1) is 25.5 Å². The number of benzene rings is 1.